The van der Waals surface area contributed by atoms with E-state index in [9.17, 15) is 5.11 Å². The minimum absolute atomic E-state index is 0.113. The number of thiophene rings is 1. The van der Waals surface area contributed by atoms with Gasteiger partial charge in [0.1, 0.15) is 17.1 Å². The fourth-order valence-corrected chi connectivity index (χ4v) is 4.02. The van der Waals surface area contributed by atoms with Crippen molar-refractivity contribution in [2.24, 2.45) is 0 Å². The van der Waals surface area contributed by atoms with Crippen molar-refractivity contribution in [3.63, 3.8) is 0 Å². The highest BCUT2D eigenvalue weighted by atomic mass is 32.1. The third-order valence-electron chi connectivity index (χ3n) is 5.07. The molecule has 1 atom stereocenters. The van der Waals surface area contributed by atoms with E-state index in [1.165, 1.54) is 10.4 Å². The number of phenolic OH excluding ortho intramolecular Hbond substituents is 1. The number of hydrogen-bond acceptors (Lipinski definition) is 3. The molecule has 3 heteroatoms. The van der Waals surface area contributed by atoms with E-state index in [-0.39, 0.29) is 5.60 Å². The molecule has 1 aromatic heterocycles. The Bertz CT molecular complexity index is 688. The summed E-state index contributed by atoms with van der Waals surface area (Å²) >= 11 is 1.82. The smallest absolute Gasteiger partial charge is 0.127 e. The number of fused-ring (bicyclic) bond motifs is 1. The Morgan fingerprint density at radius 3 is 2.68 bits per heavy atom. The Morgan fingerprint density at radius 1 is 1.23 bits per heavy atom. The van der Waals surface area contributed by atoms with E-state index < -0.39 is 0 Å². The number of ether oxygens (including phenoxy) is 1. The Hall–Kier alpha value is -1.48. The molecule has 1 aromatic carbocycles. The summed E-state index contributed by atoms with van der Waals surface area (Å²) in [5, 5.41) is 12.4. The topological polar surface area (TPSA) is 29.5 Å². The number of benzene rings is 1. The van der Waals surface area contributed by atoms with Gasteiger partial charge in [-0.15, -0.1) is 11.3 Å². The quantitative estimate of drug-likeness (QED) is 0.854. The second-order valence-corrected chi connectivity index (χ2v) is 7.69. The fraction of sp³-hybridized carbons (Fsp3) is 0.474. The summed E-state index contributed by atoms with van der Waals surface area (Å²) in [6.45, 7) is 8.25. The lowest BCUT2D eigenvalue weighted by molar-refractivity contribution is 0.0554. The van der Waals surface area contributed by atoms with E-state index in [2.05, 4.69) is 31.4 Å². The lowest BCUT2D eigenvalue weighted by Gasteiger charge is -2.38. The van der Waals surface area contributed by atoms with Gasteiger partial charge < -0.3 is 9.84 Å². The van der Waals surface area contributed by atoms with Crippen LogP contribution in [0.25, 0.3) is 0 Å². The zero-order chi connectivity index (χ0) is 15.9. The second kappa shape index (κ2) is 5.62. The van der Waals surface area contributed by atoms with E-state index in [0.29, 0.717) is 5.75 Å². The number of rotatable bonds is 3. The van der Waals surface area contributed by atoms with Gasteiger partial charge in [0.2, 0.25) is 0 Å². The zero-order valence-electron chi connectivity index (χ0n) is 13.8. The average molecular weight is 316 g/mol. The predicted molar refractivity (Wildman–Crippen MR) is 92.3 cm³/mol. The van der Waals surface area contributed by atoms with Crippen molar-refractivity contribution < 1.29 is 9.84 Å². The summed E-state index contributed by atoms with van der Waals surface area (Å²) in [6.07, 6.45) is 4.09. The minimum atomic E-state index is -0.113. The first-order chi connectivity index (χ1) is 10.4. The largest absolute Gasteiger partial charge is 0.507 e. The van der Waals surface area contributed by atoms with Crippen LogP contribution in [0, 0.1) is 20.8 Å². The van der Waals surface area contributed by atoms with E-state index >= 15 is 0 Å². The van der Waals surface area contributed by atoms with Gasteiger partial charge in [0.05, 0.1) is 0 Å². The predicted octanol–water partition coefficient (Wildman–Crippen LogP) is 5.10. The number of aryl methyl sites for hydroxylation is 1. The minimum Gasteiger partial charge on any atom is -0.507 e. The molecule has 0 bridgehead atoms. The van der Waals surface area contributed by atoms with Crippen molar-refractivity contribution in [3.05, 3.63) is 44.6 Å². The summed E-state index contributed by atoms with van der Waals surface area (Å²) in [7, 11) is 0. The number of phenols is 1. The van der Waals surface area contributed by atoms with Crippen LogP contribution in [-0.2, 0) is 12.8 Å². The van der Waals surface area contributed by atoms with Crippen LogP contribution >= 0.6 is 11.3 Å². The van der Waals surface area contributed by atoms with Crippen LogP contribution in [0.4, 0.5) is 0 Å². The maximum absolute atomic E-state index is 10.2. The molecule has 1 unspecified atom stereocenters. The maximum Gasteiger partial charge on any atom is 0.127 e. The summed E-state index contributed by atoms with van der Waals surface area (Å²) in [5.74, 6) is 1.44. The normalized spacial score (nSPS) is 20.5. The fourth-order valence-electron chi connectivity index (χ4n) is 3.31. The van der Waals surface area contributed by atoms with Crippen molar-refractivity contribution in [2.75, 3.05) is 0 Å². The maximum atomic E-state index is 10.2. The van der Waals surface area contributed by atoms with Crippen LogP contribution in [0.5, 0.6) is 11.5 Å². The van der Waals surface area contributed by atoms with Gasteiger partial charge in [0.15, 0.2) is 0 Å². The molecule has 0 aliphatic carbocycles. The van der Waals surface area contributed by atoms with Crippen molar-refractivity contribution >= 4 is 11.3 Å². The van der Waals surface area contributed by atoms with Crippen molar-refractivity contribution in [3.8, 4) is 11.5 Å². The molecule has 22 heavy (non-hydrogen) atoms. The second-order valence-electron chi connectivity index (χ2n) is 6.66. The Kier molecular flexibility index (Phi) is 3.94. The molecule has 0 saturated carbocycles. The van der Waals surface area contributed by atoms with E-state index in [1.54, 1.807) is 0 Å². The van der Waals surface area contributed by atoms with Crippen LogP contribution in [-0.4, -0.2) is 10.7 Å². The van der Waals surface area contributed by atoms with Gasteiger partial charge in [-0.1, -0.05) is 6.07 Å². The third kappa shape index (κ3) is 2.63. The van der Waals surface area contributed by atoms with Gasteiger partial charge in [-0.3, -0.25) is 0 Å². The summed E-state index contributed by atoms with van der Waals surface area (Å²) in [4.78, 5) is 1.42. The highest BCUT2D eigenvalue weighted by Gasteiger charge is 2.34. The SMILES string of the molecule is Cc1c(C)c2c(c(C)c1O)CCC(C)(CCc1cccs1)O2. The molecule has 2 nitrogen and oxygen atoms in total. The first kappa shape index (κ1) is 15.4. The van der Waals surface area contributed by atoms with Crippen LogP contribution in [0.1, 0.15) is 46.9 Å². The van der Waals surface area contributed by atoms with Crippen molar-refractivity contribution in [2.45, 2.75) is 59.0 Å². The molecule has 118 valence electrons. The third-order valence-corrected chi connectivity index (χ3v) is 6.01. The van der Waals surface area contributed by atoms with Gasteiger partial charge in [-0.05, 0) is 81.5 Å². The Morgan fingerprint density at radius 2 is 2.00 bits per heavy atom. The molecule has 1 aliphatic rings. The summed E-state index contributed by atoms with van der Waals surface area (Å²) in [6, 6.07) is 4.31. The van der Waals surface area contributed by atoms with Crippen LogP contribution in [0.15, 0.2) is 17.5 Å². The molecular formula is C19H24O2S. The molecule has 1 aliphatic heterocycles. The van der Waals surface area contributed by atoms with Crippen molar-refractivity contribution in [1.82, 2.24) is 0 Å². The standard InChI is InChI=1S/C19H24O2S/c1-12-13(2)18-16(14(3)17(12)20)8-10-19(4,21-18)9-7-15-6-5-11-22-15/h5-6,11,20H,7-10H2,1-4H3. The zero-order valence-corrected chi connectivity index (χ0v) is 14.6. The average Bonchev–Trinajstić information content (AvgIpc) is 3.02. The summed E-state index contributed by atoms with van der Waals surface area (Å²) in [5.41, 5.74) is 4.09. The number of hydrogen-bond donors (Lipinski definition) is 1. The molecule has 0 spiro atoms. The lowest BCUT2D eigenvalue weighted by atomic mass is 9.85. The Labute approximate surface area is 136 Å². The van der Waals surface area contributed by atoms with Gasteiger partial charge in [0.25, 0.3) is 0 Å². The Balaban J connectivity index is 1.86. The van der Waals surface area contributed by atoms with Gasteiger partial charge >= 0.3 is 0 Å². The van der Waals surface area contributed by atoms with Crippen LogP contribution < -0.4 is 4.74 Å². The molecule has 0 saturated heterocycles. The molecule has 0 fully saturated rings. The molecule has 0 amide bonds. The molecule has 2 heterocycles. The monoisotopic (exact) mass is 316 g/mol. The van der Waals surface area contributed by atoms with Gasteiger partial charge in [-0.25, -0.2) is 0 Å². The van der Waals surface area contributed by atoms with Gasteiger partial charge in [-0.2, -0.15) is 0 Å². The molecular weight excluding hydrogens is 292 g/mol. The number of aromatic hydroxyl groups is 1. The lowest BCUT2D eigenvalue weighted by Crippen LogP contribution is -2.37. The van der Waals surface area contributed by atoms with Gasteiger partial charge in [0, 0.05) is 10.4 Å². The molecule has 3 rings (SSSR count). The van der Waals surface area contributed by atoms with Crippen molar-refractivity contribution in [1.29, 1.82) is 0 Å². The first-order valence-electron chi connectivity index (χ1n) is 7.94. The first-order valence-corrected chi connectivity index (χ1v) is 8.82. The van der Waals surface area contributed by atoms with E-state index in [1.807, 2.05) is 25.2 Å². The van der Waals surface area contributed by atoms with Crippen LogP contribution in [0.3, 0.4) is 0 Å². The molecule has 0 radical (unpaired) electrons. The van der Waals surface area contributed by atoms with E-state index in [4.69, 9.17) is 4.74 Å². The highest BCUT2D eigenvalue weighted by Crippen LogP contribution is 2.44. The van der Waals surface area contributed by atoms with Crippen LogP contribution in [0.2, 0.25) is 0 Å². The highest BCUT2D eigenvalue weighted by molar-refractivity contribution is 7.09. The summed E-state index contributed by atoms with van der Waals surface area (Å²) < 4.78 is 6.46. The molecule has 1 N–H and O–H groups in total. The molecule has 2 aromatic rings. The van der Waals surface area contributed by atoms with E-state index in [0.717, 1.165) is 48.1 Å².